The number of carbonyl (C=O) groups excluding carboxylic acids is 1. The predicted molar refractivity (Wildman–Crippen MR) is 88.2 cm³/mol. The molecule has 7 nitrogen and oxygen atoms in total. The molecule has 0 aliphatic carbocycles. The number of imidazole rings is 1. The van der Waals surface area contributed by atoms with Gasteiger partial charge in [-0.05, 0) is 35.9 Å². The second kappa shape index (κ2) is 6.41. The van der Waals surface area contributed by atoms with Crippen molar-refractivity contribution in [3.05, 3.63) is 59.2 Å². The number of ether oxygens (including phenoxy) is 1. The SMILES string of the molecule is COC(=O)c1ccc(CNc2nc3ccc(C(=O)O)cc3[nH]2)cc1. The maximum atomic E-state index is 11.4. The lowest BCUT2D eigenvalue weighted by atomic mass is 10.1. The molecule has 1 aromatic heterocycles. The van der Waals surface area contributed by atoms with Crippen LogP contribution in [0.1, 0.15) is 26.3 Å². The van der Waals surface area contributed by atoms with Crippen molar-refractivity contribution in [2.24, 2.45) is 0 Å². The van der Waals surface area contributed by atoms with Crippen molar-refractivity contribution in [3.63, 3.8) is 0 Å². The Kier molecular flexibility index (Phi) is 4.15. The Hall–Kier alpha value is -3.35. The minimum Gasteiger partial charge on any atom is -0.478 e. The number of benzene rings is 2. The van der Waals surface area contributed by atoms with Crippen LogP contribution in [-0.2, 0) is 11.3 Å². The number of carbonyl (C=O) groups is 2. The minimum atomic E-state index is -0.980. The molecule has 122 valence electrons. The van der Waals surface area contributed by atoms with Crippen LogP contribution in [0.4, 0.5) is 5.95 Å². The van der Waals surface area contributed by atoms with E-state index in [0.29, 0.717) is 29.1 Å². The first kappa shape index (κ1) is 15.5. The molecular weight excluding hydrogens is 310 g/mol. The lowest BCUT2D eigenvalue weighted by Gasteiger charge is -2.04. The zero-order valence-corrected chi connectivity index (χ0v) is 12.9. The van der Waals surface area contributed by atoms with Crippen molar-refractivity contribution in [1.29, 1.82) is 0 Å². The van der Waals surface area contributed by atoms with Gasteiger partial charge in [0.1, 0.15) is 0 Å². The molecule has 0 atom stereocenters. The molecule has 1 heterocycles. The van der Waals surface area contributed by atoms with E-state index in [1.54, 1.807) is 24.3 Å². The van der Waals surface area contributed by atoms with E-state index in [1.807, 2.05) is 12.1 Å². The van der Waals surface area contributed by atoms with E-state index in [0.717, 1.165) is 5.56 Å². The van der Waals surface area contributed by atoms with Gasteiger partial charge >= 0.3 is 11.9 Å². The quantitative estimate of drug-likeness (QED) is 0.623. The number of fused-ring (bicyclic) bond motifs is 1. The molecule has 3 N–H and O–H groups in total. The number of carboxylic acid groups (broad SMARTS) is 1. The normalized spacial score (nSPS) is 10.5. The third-order valence-electron chi connectivity index (χ3n) is 3.56. The van der Waals surface area contributed by atoms with Crippen LogP contribution in [0, 0.1) is 0 Å². The van der Waals surface area contributed by atoms with Crippen LogP contribution >= 0.6 is 0 Å². The zero-order chi connectivity index (χ0) is 17.1. The summed E-state index contributed by atoms with van der Waals surface area (Å²) in [5.41, 5.74) is 3.00. The zero-order valence-electron chi connectivity index (χ0n) is 12.9. The van der Waals surface area contributed by atoms with Gasteiger partial charge in [0.15, 0.2) is 0 Å². The number of aromatic amines is 1. The van der Waals surface area contributed by atoms with E-state index in [9.17, 15) is 9.59 Å². The first-order valence-electron chi connectivity index (χ1n) is 7.21. The Labute approximate surface area is 137 Å². The van der Waals surface area contributed by atoms with Gasteiger partial charge in [-0.2, -0.15) is 0 Å². The summed E-state index contributed by atoms with van der Waals surface area (Å²) in [5, 5.41) is 12.1. The van der Waals surface area contributed by atoms with Gasteiger partial charge in [0, 0.05) is 6.54 Å². The number of nitrogens with zero attached hydrogens (tertiary/aromatic N) is 1. The molecule has 3 aromatic rings. The molecule has 24 heavy (non-hydrogen) atoms. The molecule has 0 amide bonds. The summed E-state index contributed by atoms with van der Waals surface area (Å²) in [4.78, 5) is 29.8. The van der Waals surface area contributed by atoms with Crippen LogP contribution < -0.4 is 5.32 Å². The molecule has 0 fully saturated rings. The standard InChI is InChI=1S/C17H15N3O4/c1-24-16(23)11-4-2-10(3-5-11)9-18-17-19-13-7-6-12(15(21)22)8-14(13)20-17/h2-8H,9H2,1H3,(H,21,22)(H2,18,19,20). The second-order valence-corrected chi connectivity index (χ2v) is 5.16. The Balaban J connectivity index is 1.71. The maximum Gasteiger partial charge on any atom is 0.337 e. The van der Waals surface area contributed by atoms with Gasteiger partial charge in [-0.15, -0.1) is 0 Å². The van der Waals surface area contributed by atoms with Crippen molar-refractivity contribution in [2.45, 2.75) is 6.54 Å². The molecule has 7 heteroatoms. The maximum absolute atomic E-state index is 11.4. The highest BCUT2D eigenvalue weighted by Gasteiger charge is 2.08. The third-order valence-corrected chi connectivity index (χ3v) is 3.56. The first-order valence-corrected chi connectivity index (χ1v) is 7.21. The largest absolute Gasteiger partial charge is 0.478 e. The molecule has 0 unspecified atom stereocenters. The fourth-order valence-corrected chi connectivity index (χ4v) is 2.29. The summed E-state index contributed by atoms with van der Waals surface area (Å²) in [5.74, 6) is -0.808. The van der Waals surface area contributed by atoms with Crippen molar-refractivity contribution >= 4 is 28.9 Å². The average molecular weight is 325 g/mol. The molecule has 0 aliphatic heterocycles. The van der Waals surface area contributed by atoms with Crippen LogP contribution in [-0.4, -0.2) is 34.1 Å². The molecule has 0 radical (unpaired) electrons. The van der Waals surface area contributed by atoms with Gasteiger partial charge in [0.25, 0.3) is 0 Å². The summed E-state index contributed by atoms with van der Waals surface area (Å²) in [7, 11) is 1.34. The Bertz CT molecular complexity index is 900. The van der Waals surface area contributed by atoms with E-state index in [2.05, 4.69) is 20.0 Å². The van der Waals surface area contributed by atoms with Gasteiger partial charge in [-0.3, -0.25) is 0 Å². The Morgan fingerprint density at radius 1 is 1.17 bits per heavy atom. The molecule has 0 spiro atoms. The van der Waals surface area contributed by atoms with Crippen LogP contribution in [0.25, 0.3) is 11.0 Å². The van der Waals surface area contributed by atoms with Crippen LogP contribution in [0.2, 0.25) is 0 Å². The monoisotopic (exact) mass is 325 g/mol. The van der Waals surface area contributed by atoms with Crippen molar-refractivity contribution in [1.82, 2.24) is 9.97 Å². The minimum absolute atomic E-state index is 0.205. The fourth-order valence-electron chi connectivity index (χ4n) is 2.29. The number of hydrogen-bond acceptors (Lipinski definition) is 5. The number of rotatable bonds is 5. The lowest BCUT2D eigenvalue weighted by molar-refractivity contribution is 0.0599. The molecule has 0 saturated carbocycles. The summed E-state index contributed by atoms with van der Waals surface area (Å²) >= 11 is 0. The molecular formula is C17H15N3O4. The summed E-state index contributed by atoms with van der Waals surface area (Å²) < 4.78 is 4.65. The van der Waals surface area contributed by atoms with Crippen LogP contribution in [0.5, 0.6) is 0 Å². The topological polar surface area (TPSA) is 104 Å². The number of H-pyrrole nitrogens is 1. The number of aromatic carboxylic acids is 1. The molecule has 0 bridgehead atoms. The third kappa shape index (κ3) is 3.19. The Morgan fingerprint density at radius 2 is 1.88 bits per heavy atom. The predicted octanol–water partition coefficient (Wildman–Crippen LogP) is 2.66. The van der Waals surface area contributed by atoms with E-state index in [1.165, 1.54) is 13.2 Å². The van der Waals surface area contributed by atoms with Crippen molar-refractivity contribution in [2.75, 3.05) is 12.4 Å². The van der Waals surface area contributed by atoms with E-state index in [-0.39, 0.29) is 11.5 Å². The van der Waals surface area contributed by atoms with Crippen LogP contribution in [0.15, 0.2) is 42.5 Å². The van der Waals surface area contributed by atoms with Crippen molar-refractivity contribution < 1.29 is 19.4 Å². The summed E-state index contributed by atoms with van der Waals surface area (Å²) in [6.07, 6.45) is 0. The number of esters is 1. The van der Waals surface area contributed by atoms with Gasteiger partial charge in [0.05, 0.1) is 29.3 Å². The first-order chi connectivity index (χ1) is 11.6. The van der Waals surface area contributed by atoms with E-state index in [4.69, 9.17) is 5.11 Å². The van der Waals surface area contributed by atoms with E-state index >= 15 is 0 Å². The molecule has 0 aliphatic rings. The van der Waals surface area contributed by atoms with Gasteiger partial charge in [0.2, 0.25) is 5.95 Å². The number of hydrogen-bond donors (Lipinski definition) is 3. The molecule has 2 aromatic carbocycles. The Morgan fingerprint density at radius 3 is 2.54 bits per heavy atom. The summed E-state index contributed by atoms with van der Waals surface area (Å²) in [6.45, 7) is 0.507. The highest BCUT2D eigenvalue weighted by molar-refractivity contribution is 5.92. The van der Waals surface area contributed by atoms with Crippen LogP contribution in [0.3, 0.4) is 0 Å². The van der Waals surface area contributed by atoms with Gasteiger partial charge < -0.3 is 20.1 Å². The molecule has 3 rings (SSSR count). The van der Waals surface area contributed by atoms with Crippen molar-refractivity contribution in [3.8, 4) is 0 Å². The summed E-state index contributed by atoms with van der Waals surface area (Å²) in [6, 6.07) is 11.8. The number of methoxy groups -OCH3 is 1. The fraction of sp³-hybridized carbons (Fsp3) is 0.118. The number of aromatic nitrogens is 2. The molecule has 0 saturated heterocycles. The average Bonchev–Trinajstić information content (AvgIpc) is 3.01. The number of nitrogens with one attached hydrogen (secondary N) is 2. The van der Waals surface area contributed by atoms with Gasteiger partial charge in [-0.1, -0.05) is 12.1 Å². The number of anilines is 1. The second-order valence-electron chi connectivity index (χ2n) is 5.16. The highest BCUT2D eigenvalue weighted by atomic mass is 16.5. The van der Waals surface area contributed by atoms with E-state index < -0.39 is 5.97 Å². The highest BCUT2D eigenvalue weighted by Crippen LogP contribution is 2.17. The lowest BCUT2D eigenvalue weighted by Crippen LogP contribution is -2.03. The number of carboxylic acids is 1. The van der Waals surface area contributed by atoms with Gasteiger partial charge in [-0.25, -0.2) is 14.6 Å². The smallest absolute Gasteiger partial charge is 0.337 e.